The van der Waals surface area contributed by atoms with Gasteiger partial charge in [0.05, 0.1) is 34.9 Å². The van der Waals surface area contributed by atoms with Crippen LogP contribution in [0.25, 0.3) is 6.08 Å². The summed E-state index contributed by atoms with van der Waals surface area (Å²) in [7, 11) is 0. The second kappa shape index (κ2) is 11.3. The van der Waals surface area contributed by atoms with Crippen LogP contribution >= 0.6 is 27.7 Å². The van der Waals surface area contributed by atoms with Crippen LogP contribution in [0.3, 0.4) is 0 Å². The van der Waals surface area contributed by atoms with E-state index >= 15 is 0 Å². The van der Waals surface area contributed by atoms with Crippen LogP contribution in [0.5, 0.6) is 11.5 Å². The minimum atomic E-state index is -0.154. The van der Waals surface area contributed by atoms with Gasteiger partial charge in [0.25, 0.3) is 11.8 Å². The summed E-state index contributed by atoms with van der Waals surface area (Å²) in [6.45, 7) is 6.79. The van der Waals surface area contributed by atoms with E-state index in [9.17, 15) is 14.7 Å². The van der Waals surface area contributed by atoms with E-state index in [1.807, 2.05) is 19.9 Å². The largest absolute Gasteiger partial charge is 0.503 e. The fourth-order valence-electron chi connectivity index (χ4n) is 3.73. The molecule has 0 atom stereocenters. The highest BCUT2D eigenvalue weighted by atomic mass is 79.9. The Labute approximate surface area is 216 Å². The molecule has 184 valence electrons. The Hall–Kier alpha value is -2.82. The maximum atomic E-state index is 13.1. The Kier molecular flexibility index (Phi) is 8.15. The van der Waals surface area contributed by atoms with E-state index in [2.05, 4.69) is 15.9 Å². The first-order valence-electron chi connectivity index (χ1n) is 11.3. The number of phenolic OH excluding ortho intramolecular Hbond substituents is 1. The number of likely N-dealkylation sites (N-methyl/N-ethyl adjacent to an activating group) is 1. The molecule has 2 amide bonds. The van der Waals surface area contributed by atoms with Crippen molar-refractivity contribution >= 4 is 56.4 Å². The average molecular weight is 560 g/mol. The summed E-state index contributed by atoms with van der Waals surface area (Å²) >= 11 is 4.61. The molecule has 0 unspecified atom stereocenters. The quantitative estimate of drug-likeness (QED) is 0.518. The lowest BCUT2D eigenvalue weighted by Gasteiger charge is -2.26. The van der Waals surface area contributed by atoms with Crippen LogP contribution in [0.2, 0.25) is 0 Å². The highest BCUT2D eigenvalue weighted by Crippen LogP contribution is 2.39. The third-order valence-electron chi connectivity index (χ3n) is 5.47. The number of benzene rings is 2. The van der Waals surface area contributed by atoms with Crippen LogP contribution in [0, 0.1) is 0 Å². The molecule has 35 heavy (non-hydrogen) atoms. The van der Waals surface area contributed by atoms with Crippen molar-refractivity contribution in [3.05, 3.63) is 56.9 Å². The number of carbonyl (C=O) groups is 2. The topological polar surface area (TPSA) is 91.7 Å². The standard InChI is InChI=1S/C25H26BrN3O5S/c1-3-29-24(32)21(14-16-12-19(26)22(30)20(13-16)34-4-2)35-25(29)27-18-7-5-6-17(15-18)23(31)28-8-10-33-11-9-28/h5-7,12-15,30H,3-4,8-11H2,1-2H3/b21-14+,27-25?. The number of carbonyl (C=O) groups excluding carboxylic acids is 2. The summed E-state index contributed by atoms with van der Waals surface area (Å²) in [4.78, 5) is 34.5. The van der Waals surface area contributed by atoms with Gasteiger partial charge in [-0.05, 0) is 83.5 Å². The Bertz CT molecular complexity index is 1190. The van der Waals surface area contributed by atoms with Gasteiger partial charge in [-0.2, -0.15) is 0 Å². The van der Waals surface area contributed by atoms with Crippen LogP contribution in [0.1, 0.15) is 29.8 Å². The second-order valence-electron chi connectivity index (χ2n) is 7.79. The highest BCUT2D eigenvalue weighted by molar-refractivity contribution is 9.10. The van der Waals surface area contributed by atoms with Crippen LogP contribution in [0.15, 0.2) is 50.8 Å². The average Bonchev–Trinajstić information content (AvgIpc) is 3.15. The van der Waals surface area contributed by atoms with Gasteiger partial charge in [0.2, 0.25) is 0 Å². The summed E-state index contributed by atoms with van der Waals surface area (Å²) in [5.41, 5.74) is 1.87. The lowest BCUT2D eigenvalue weighted by molar-refractivity contribution is -0.122. The van der Waals surface area contributed by atoms with E-state index in [0.717, 1.165) is 0 Å². The number of amides is 2. The van der Waals surface area contributed by atoms with Crippen molar-refractivity contribution in [2.75, 3.05) is 39.5 Å². The number of aliphatic imine (C=N–C) groups is 1. The predicted molar refractivity (Wildman–Crippen MR) is 140 cm³/mol. The maximum absolute atomic E-state index is 13.1. The third-order valence-corrected chi connectivity index (χ3v) is 7.08. The molecule has 2 heterocycles. The molecule has 4 rings (SSSR count). The number of amidine groups is 1. The zero-order chi connectivity index (χ0) is 24.9. The van der Waals surface area contributed by atoms with Crippen LogP contribution in [0.4, 0.5) is 5.69 Å². The lowest BCUT2D eigenvalue weighted by atomic mass is 10.1. The lowest BCUT2D eigenvalue weighted by Crippen LogP contribution is -2.40. The molecule has 2 fully saturated rings. The summed E-state index contributed by atoms with van der Waals surface area (Å²) in [5, 5.41) is 10.7. The molecular weight excluding hydrogens is 534 g/mol. The van der Waals surface area contributed by atoms with Crippen molar-refractivity contribution in [3.8, 4) is 11.5 Å². The number of hydrogen-bond acceptors (Lipinski definition) is 7. The van der Waals surface area contributed by atoms with Gasteiger partial charge in [0.1, 0.15) is 0 Å². The zero-order valence-corrected chi connectivity index (χ0v) is 21.9. The van der Waals surface area contributed by atoms with Gasteiger partial charge in [-0.1, -0.05) is 6.07 Å². The van der Waals surface area contributed by atoms with Gasteiger partial charge in [0.15, 0.2) is 16.7 Å². The number of hydrogen-bond donors (Lipinski definition) is 1. The van der Waals surface area contributed by atoms with Crippen molar-refractivity contribution < 1.29 is 24.2 Å². The molecule has 2 aliphatic rings. The van der Waals surface area contributed by atoms with Gasteiger partial charge in [-0.3, -0.25) is 14.5 Å². The fourth-order valence-corrected chi connectivity index (χ4v) is 5.25. The van der Waals surface area contributed by atoms with Gasteiger partial charge in [-0.15, -0.1) is 0 Å². The van der Waals surface area contributed by atoms with E-state index < -0.39 is 0 Å². The third kappa shape index (κ3) is 5.71. The molecule has 0 aromatic heterocycles. The summed E-state index contributed by atoms with van der Waals surface area (Å²) in [6.07, 6.45) is 1.75. The number of nitrogens with zero attached hydrogens (tertiary/aromatic N) is 3. The molecule has 2 aromatic rings. The maximum Gasteiger partial charge on any atom is 0.266 e. The number of halogens is 1. The van der Waals surface area contributed by atoms with E-state index in [1.54, 1.807) is 46.2 Å². The number of phenols is 1. The summed E-state index contributed by atoms with van der Waals surface area (Å²) in [5.74, 6) is 0.149. The molecule has 2 saturated heterocycles. The fraction of sp³-hybridized carbons (Fsp3) is 0.320. The monoisotopic (exact) mass is 559 g/mol. The smallest absolute Gasteiger partial charge is 0.266 e. The molecular formula is C25H26BrN3O5S. The Morgan fingerprint density at radius 2 is 2.03 bits per heavy atom. The summed E-state index contributed by atoms with van der Waals surface area (Å²) < 4.78 is 11.3. The normalized spacial score (nSPS) is 18.5. The van der Waals surface area contributed by atoms with Crippen molar-refractivity contribution in [2.45, 2.75) is 13.8 Å². The SMILES string of the molecule is CCOc1cc(/C=C2/SC(=Nc3cccc(C(=O)N4CCOCC4)c3)N(CC)C2=O)cc(Br)c1O. The predicted octanol–water partition coefficient (Wildman–Crippen LogP) is 4.65. The van der Waals surface area contributed by atoms with Crippen molar-refractivity contribution in [1.82, 2.24) is 9.80 Å². The molecule has 0 bridgehead atoms. The number of aromatic hydroxyl groups is 1. The zero-order valence-electron chi connectivity index (χ0n) is 19.5. The Morgan fingerprint density at radius 1 is 1.26 bits per heavy atom. The number of morpholine rings is 1. The van der Waals surface area contributed by atoms with E-state index in [4.69, 9.17) is 14.5 Å². The molecule has 10 heteroatoms. The van der Waals surface area contributed by atoms with Gasteiger partial charge in [-0.25, -0.2) is 4.99 Å². The molecule has 2 aromatic carbocycles. The molecule has 8 nitrogen and oxygen atoms in total. The molecule has 1 N–H and O–H groups in total. The molecule has 0 spiro atoms. The van der Waals surface area contributed by atoms with E-state index in [1.165, 1.54) is 11.8 Å². The highest BCUT2D eigenvalue weighted by Gasteiger charge is 2.32. The van der Waals surface area contributed by atoms with Crippen molar-refractivity contribution in [1.29, 1.82) is 0 Å². The molecule has 0 saturated carbocycles. The van der Waals surface area contributed by atoms with Gasteiger partial charge < -0.3 is 19.5 Å². The molecule has 0 radical (unpaired) electrons. The van der Waals surface area contributed by atoms with Crippen LogP contribution in [-0.2, 0) is 9.53 Å². The first-order valence-corrected chi connectivity index (χ1v) is 12.9. The number of thioether (sulfide) groups is 1. The number of ether oxygens (including phenoxy) is 2. The van der Waals surface area contributed by atoms with Crippen molar-refractivity contribution in [3.63, 3.8) is 0 Å². The Morgan fingerprint density at radius 3 is 2.74 bits per heavy atom. The molecule has 0 aliphatic carbocycles. The first-order chi connectivity index (χ1) is 16.9. The van der Waals surface area contributed by atoms with Gasteiger partial charge >= 0.3 is 0 Å². The van der Waals surface area contributed by atoms with Crippen LogP contribution < -0.4 is 4.74 Å². The minimum Gasteiger partial charge on any atom is -0.503 e. The van der Waals surface area contributed by atoms with Gasteiger partial charge in [0, 0.05) is 25.2 Å². The minimum absolute atomic E-state index is 0.0170. The summed E-state index contributed by atoms with van der Waals surface area (Å²) in [6, 6.07) is 10.5. The first kappa shape index (κ1) is 25.3. The van der Waals surface area contributed by atoms with E-state index in [-0.39, 0.29) is 17.6 Å². The Balaban J connectivity index is 1.60. The molecule has 2 aliphatic heterocycles. The second-order valence-corrected chi connectivity index (χ2v) is 9.66. The number of rotatable bonds is 6. The van der Waals surface area contributed by atoms with Crippen LogP contribution in [-0.4, -0.2) is 71.3 Å². The van der Waals surface area contributed by atoms with E-state index in [0.29, 0.717) is 76.6 Å². The van der Waals surface area contributed by atoms with Crippen molar-refractivity contribution in [2.24, 2.45) is 4.99 Å².